The monoisotopic (exact) mass is 715 g/mol. The number of nitrogens with one attached hydrogen (secondary N) is 3. The molecule has 0 heterocycles. The second-order valence-corrected chi connectivity index (χ2v) is 12.5. The van der Waals surface area contributed by atoms with E-state index in [1.54, 1.807) is 91.0 Å². The van der Waals surface area contributed by atoms with Crippen molar-refractivity contribution in [2.45, 2.75) is 17.1 Å². The van der Waals surface area contributed by atoms with Crippen LogP contribution in [0.5, 0.6) is 17.2 Å². The fourth-order valence-electron chi connectivity index (χ4n) is 5.14. The van der Waals surface area contributed by atoms with Crippen LogP contribution in [0.4, 0.5) is 11.4 Å². The van der Waals surface area contributed by atoms with Gasteiger partial charge in [-0.25, -0.2) is 0 Å². The molecule has 1 unspecified atom stereocenters. The summed E-state index contributed by atoms with van der Waals surface area (Å²) < 4.78 is 16.4. The van der Waals surface area contributed by atoms with Gasteiger partial charge in [-0.3, -0.25) is 19.2 Å². The molecular formula is C41H37N3O7S. The summed E-state index contributed by atoms with van der Waals surface area (Å²) >= 11 is 1.35. The Balaban J connectivity index is 1.37. The maximum atomic E-state index is 13.7. The van der Waals surface area contributed by atoms with E-state index in [0.29, 0.717) is 45.3 Å². The first-order valence-electron chi connectivity index (χ1n) is 16.1. The van der Waals surface area contributed by atoms with E-state index in [0.717, 1.165) is 10.5 Å². The highest BCUT2D eigenvalue weighted by Gasteiger charge is 2.23. The van der Waals surface area contributed by atoms with Gasteiger partial charge in [-0.05, 0) is 96.9 Å². The first-order valence-corrected chi connectivity index (χ1v) is 17.0. The number of anilines is 2. The van der Waals surface area contributed by atoms with Crippen LogP contribution < -0.4 is 30.2 Å². The minimum Gasteiger partial charge on any atom is -0.493 e. The number of hydrogen-bond acceptors (Lipinski definition) is 8. The summed E-state index contributed by atoms with van der Waals surface area (Å²) in [5.41, 5.74) is 3.26. The molecule has 3 amide bonds. The Hall–Kier alpha value is -6.33. The van der Waals surface area contributed by atoms with Crippen molar-refractivity contribution in [2.24, 2.45) is 0 Å². The fraction of sp³-hybridized carbons (Fsp3) is 0.122. The van der Waals surface area contributed by atoms with Crippen LogP contribution in [0.2, 0.25) is 0 Å². The fourth-order valence-corrected chi connectivity index (χ4v) is 6.17. The maximum Gasteiger partial charge on any atom is 0.272 e. The molecule has 5 rings (SSSR count). The predicted molar refractivity (Wildman–Crippen MR) is 203 cm³/mol. The van der Waals surface area contributed by atoms with E-state index in [9.17, 15) is 19.2 Å². The molecule has 52 heavy (non-hydrogen) atoms. The molecule has 5 aromatic carbocycles. The quantitative estimate of drug-likeness (QED) is 0.0603. The normalized spacial score (nSPS) is 11.5. The molecule has 5 aromatic rings. The van der Waals surface area contributed by atoms with Gasteiger partial charge < -0.3 is 30.2 Å². The maximum absolute atomic E-state index is 13.7. The molecule has 0 aliphatic rings. The van der Waals surface area contributed by atoms with E-state index in [4.69, 9.17) is 14.2 Å². The lowest BCUT2D eigenvalue weighted by Gasteiger charge is -2.18. The van der Waals surface area contributed by atoms with Gasteiger partial charge in [0.15, 0.2) is 17.3 Å². The van der Waals surface area contributed by atoms with Gasteiger partial charge in [0, 0.05) is 27.4 Å². The van der Waals surface area contributed by atoms with Crippen molar-refractivity contribution < 1.29 is 33.4 Å². The van der Waals surface area contributed by atoms with Crippen molar-refractivity contribution in [3.63, 3.8) is 0 Å². The summed E-state index contributed by atoms with van der Waals surface area (Å²) in [6.07, 6.45) is 1.52. The zero-order valence-corrected chi connectivity index (χ0v) is 29.8. The Morgan fingerprint density at radius 3 is 1.77 bits per heavy atom. The number of amides is 3. The molecule has 10 nitrogen and oxygen atoms in total. The Morgan fingerprint density at radius 2 is 1.21 bits per heavy atom. The average molecular weight is 716 g/mol. The van der Waals surface area contributed by atoms with Crippen LogP contribution in [-0.2, 0) is 9.59 Å². The molecule has 0 saturated heterocycles. The van der Waals surface area contributed by atoms with Crippen LogP contribution in [0.3, 0.4) is 0 Å². The molecule has 11 heteroatoms. The standard InChI is InChI=1S/C41H37N3O7S/c1-26(45)28-15-17-31(18-16-28)43-41(48)38(29-11-7-5-8-12-29)52-33-21-19-32(20-22-33)42-40(47)34(44-39(46)30-13-9-6-10-14-30)23-27-24-35(49-2)37(51-4)36(25-27)50-3/h5-25,38H,1-4H3,(H,42,47)(H,43,48)(H,44,46)/b34-23-. The average Bonchev–Trinajstić information content (AvgIpc) is 3.17. The van der Waals surface area contributed by atoms with Gasteiger partial charge in [0.2, 0.25) is 11.7 Å². The topological polar surface area (TPSA) is 132 Å². The first kappa shape index (κ1) is 36.9. The molecule has 0 fully saturated rings. The number of ketones is 1. The molecule has 0 aliphatic heterocycles. The summed E-state index contributed by atoms with van der Waals surface area (Å²) in [4.78, 5) is 52.9. The molecule has 0 radical (unpaired) electrons. The van der Waals surface area contributed by atoms with Crippen LogP contribution in [-0.4, -0.2) is 44.8 Å². The van der Waals surface area contributed by atoms with Gasteiger partial charge in [0.25, 0.3) is 11.8 Å². The molecule has 1 atom stereocenters. The highest BCUT2D eigenvalue weighted by Crippen LogP contribution is 2.39. The highest BCUT2D eigenvalue weighted by atomic mass is 32.2. The van der Waals surface area contributed by atoms with E-state index in [2.05, 4.69) is 16.0 Å². The van der Waals surface area contributed by atoms with Crippen molar-refractivity contribution in [2.75, 3.05) is 32.0 Å². The van der Waals surface area contributed by atoms with E-state index in [-0.39, 0.29) is 17.4 Å². The number of rotatable bonds is 14. The number of thioether (sulfide) groups is 1. The Morgan fingerprint density at radius 1 is 0.654 bits per heavy atom. The molecule has 0 aromatic heterocycles. The number of carbonyl (C=O) groups excluding carboxylic acids is 4. The second kappa shape index (κ2) is 17.6. The minimum atomic E-state index is -0.602. The van der Waals surface area contributed by atoms with Crippen LogP contribution >= 0.6 is 11.8 Å². The lowest BCUT2D eigenvalue weighted by Crippen LogP contribution is -2.30. The number of ether oxygens (including phenoxy) is 3. The second-order valence-electron chi connectivity index (χ2n) is 11.3. The van der Waals surface area contributed by atoms with Crippen molar-refractivity contribution in [3.05, 3.63) is 149 Å². The first-order chi connectivity index (χ1) is 25.2. The minimum absolute atomic E-state index is 0.0290. The summed E-state index contributed by atoms with van der Waals surface area (Å²) in [5.74, 6) is -0.197. The Kier molecular flexibility index (Phi) is 12.5. The molecule has 264 valence electrons. The van der Waals surface area contributed by atoms with E-state index >= 15 is 0 Å². The number of carbonyl (C=O) groups is 4. The van der Waals surface area contributed by atoms with E-state index < -0.39 is 17.1 Å². The smallest absolute Gasteiger partial charge is 0.272 e. The third-order valence-corrected chi connectivity index (χ3v) is 9.06. The molecular weight excluding hydrogens is 679 g/mol. The number of Topliss-reactive ketones (excluding diaryl/α,β-unsaturated/α-hetero) is 1. The SMILES string of the molecule is COc1cc(/C=C(\NC(=O)c2ccccc2)C(=O)Nc2ccc(SC(C(=O)Nc3ccc(C(C)=O)cc3)c3ccccc3)cc2)cc(OC)c1OC. The number of hydrogen-bond donors (Lipinski definition) is 3. The number of methoxy groups -OCH3 is 3. The summed E-state index contributed by atoms with van der Waals surface area (Å²) in [5, 5.41) is 7.94. The lowest BCUT2D eigenvalue weighted by atomic mass is 10.1. The zero-order chi connectivity index (χ0) is 37.0. The third-order valence-electron chi connectivity index (χ3n) is 7.79. The summed E-state index contributed by atoms with van der Waals surface area (Å²) in [6.45, 7) is 1.49. The van der Waals surface area contributed by atoms with Crippen molar-refractivity contribution >= 4 is 52.7 Å². The summed E-state index contributed by atoms with van der Waals surface area (Å²) in [7, 11) is 4.47. The predicted octanol–water partition coefficient (Wildman–Crippen LogP) is 7.80. The molecule has 0 saturated carbocycles. The highest BCUT2D eigenvalue weighted by molar-refractivity contribution is 8.00. The van der Waals surface area contributed by atoms with Gasteiger partial charge in [-0.15, -0.1) is 11.8 Å². The number of benzene rings is 5. The largest absolute Gasteiger partial charge is 0.493 e. The Bertz CT molecular complexity index is 2040. The Labute approximate surface area is 306 Å². The van der Waals surface area contributed by atoms with Crippen molar-refractivity contribution in [1.29, 1.82) is 0 Å². The van der Waals surface area contributed by atoms with Crippen LogP contribution in [0.1, 0.15) is 44.0 Å². The van der Waals surface area contributed by atoms with E-state index in [1.165, 1.54) is 46.1 Å². The molecule has 3 N–H and O–H groups in total. The molecule has 0 spiro atoms. The molecule has 0 aliphatic carbocycles. The lowest BCUT2D eigenvalue weighted by molar-refractivity contribution is -0.116. The zero-order valence-electron chi connectivity index (χ0n) is 29.0. The van der Waals surface area contributed by atoms with Gasteiger partial charge >= 0.3 is 0 Å². The third kappa shape index (κ3) is 9.46. The van der Waals surface area contributed by atoms with Gasteiger partial charge in [-0.2, -0.15) is 0 Å². The van der Waals surface area contributed by atoms with Crippen LogP contribution in [0.25, 0.3) is 6.08 Å². The van der Waals surface area contributed by atoms with Crippen LogP contribution in [0.15, 0.2) is 132 Å². The summed E-state index contributed by atoms with van der Waals surface area (Å²) in [6, 6.07) is 35.1. The van der Waals surface area contributed by atoms with Gasteiger partial charge in [-0.1, -0.05) is 48.5 Å². The van der Waals surface area contributed by atoms with E-state index in [1.807, 2.05) is 30.3 Å². The van der Waals surface area contributed by atoms with Crippen molar-refractivity contribution in [3.8, 4) is 17.2 Å². The molecule has 0 bridgehead atoms. The van der Waals surface area contributed by atoms with Crippen LogP contribution in [0, 0.1) is 0 Å². The van der Waals surface area contributed by atoms with Gasteiger partial charge in [0.1, 0.15) is 10.9 Å². The van der Waals surface area contributed by atoms with Crippen molar-refractivity contribution in [1.82, 2.24) is 5.32 Å². The van der Waals surface area contributed by atoms with Gasteiger partial charge in [0.05, 0.1) is 21.3 Å².